The number of anilines is 1. The maximum absolute atomic E-state index is 11.5. The first-order chi connectivity index (χ1) is 8.70. The molecular weight excluding hydrogens is 250 g/mol. The van der Waals surface area contributed by atoms with E-state index in [1.165, 1.54) is 31.3 Å². The van der Waals surface area contributed by atoms with Crippen molar-refractivity contribution in [1.29, 1.82) is 0 Å². The Morgan fingerprint density at radius 3 is 3.00 bits per heavy atom. The summed E-state index contributed by atoms with van der Waals surface area (Å²) in [6.07, 6.45) is 2.39. The zero-order valence-corrected chi connectivity index (χ0v) is 11.6. The zero-order chi connectivity index (χ0) is 13.0. The van der Waals surface area contributed by atoms with Crippen molar-refractivity contribution in [3.05, 3.63) is 10.4 Å². The topological polar surface area (TPSA) is 54.5 Å². The molecule has 1 fully saturated rings. The van der Waals surface area contributed by atoms with Crippen LogP contribution in [0, 0.1) is 5.92 Å². The highest BCUT2D eigenvalue weighted by Crippen LogP contribution is 2.22. The molecule has 5 nitrogen and oxygen atoms in total. The van der Waals surface area contributed by atoms with Crippen LogP contribution < -0.4 is 5.32 Å². The van der Waals surface area contributed by atoms with E-state index in [2.05, 4.69) is 22.2 Å². The Bertz CT molecular complexity index is 400. The maximum Gasteiger partial charge on any atom is 0.351 e. The Morgan fingerprint density at radius 2 is 2.33 bits per heavy atom. The van der Waals surface area contributed by atoms with Gasteiger partial charge in [0, 0.05) is 6.54 Å². The summed E-state index contributed by atoms with van der Waals surface area (Å²) < 4.78 is 4.73. The summed E-state index contributed by atoms with van der Waals surface area (Å²) in [5.74, 6) is 1.00. The summed E-state index contributed by atoms with van der Waals surface area (Å²) >= 11 is 1.31. The number of methoxy groups -OCH3 is 1. The fraction of sp³-hybridized carbons (Fsp3) is 0.667. The molecule has 100 valence electrons. The number of aromatic nitrogens is 1. The van der Waals surface area contributed by atoms with Crippen LogP contribution in [0.2, 0.25) is 0 Å². The molecule has 0 unspecified atom stereocenters. The van der Waals surface area contributed by atoms with Crippen molar-refractivity contribution in [2.45, 2.75) is 12.8 Å². The van der Waals surface area contributed by atoms with E-state index in [9.17, 15) is 4.79 Å². The first kappa shape index (κ1) is 13.3. The van der Waals surface area contributed by atoms with Gasteiger partial charge in [0.05, 0.1) is 12.6 Å². The number of carbonyl (C=O) groups is 1. The van der Waals surface area contributed by atoms with E-state index in [4.69, 9.17) is 4.74 Å². The van der Waals surface area contributed by atoms with Crippen LogP contribution in [-0.4, -0.2) is 49.6 Å². The zero-order valence-electron chi connectivity index (χ0n) is 10.8. The van der Waals surface area contributed by atoms with Crippen molar-refractivity contribution in [2.75, 3.05) is 39.1 Å². The predicted octanol–water partition coefficient (Wildman–Crippen LogP) is 1.68. The molecule has 18 heavy (non-hydrogen) atoms. The smallest absolute Gasteiger partial charge is 0.351 e. The molecule has 0 radical (unpaired) electrons. The highest BCUT2D eigenvalue weighted by molar-refractivity contribution is 7.12. The van der Waals surface area contributed by atoms with E-state index in [1.807, 2.05) is 0 Å². The first-order valence-electron chi connectivity index (χ1n) is 6.15. The van der Waals surface area contributed by atoms with Gasteiger partial charge in [-0.15, -0.1) is 11.3 Å². The average Bonchev–Trinajstić information content (AvgIpc) is 2.85. The molecule has 0 atom stereocenters. The molecule has 0 amide bonds. The SMILES string of the molecule is COC(=O)c1scnc1NCC1CCN(C)CC1. The second-order valence-corrected chi connectivity index (χ2v) is 5.50. The monoisotopic (exact) mass is 269 g/mol. The normalized spacial score (nSPS) is 17.7. The molecule has 1 aromatic heterocycles. The number of rotatable bonds is 4. The Balaban J connectivity index is 1.87. The van der Waals surface area contributed by atoms with E-state index < -0.39 is 0 Å². The summed E-state index contributed by atoms with van der Waals surface area (Å²) in [4.78, 5) is 18.6. The summed E-state index contributed by atoms with van der Waals surface area (Å²) in [5.41, 5.74) is 1.67. The van der Waals surface area contributed by atoms with Crippen molar-refractivity contribution in [3.63, 3.8) is 0 Å². The molecule has 0 aromatic carbocycles. The third-order valence-corrected chi connectivity index (χ3v) is 4.14. The van der Waals surface area contributed by atoms with Gasteiger partial charge in [-0.1, -0.05) is 0 Å². The van der Waals surface area contributed by atoms with E-state index in [0.29, 0.717) is 16.6 Å². The number of carbonyl (C=O) groups excluding carboxylic acids is 1. The first-order valence-corrected chi connectivity index (χ1v) is 7.03. The van der Waals surface area contributed by atoms with Gasteiger partial charge in [0.15, 0.2) is 10.7 Å². The molecule has 1 N–H and O–H groups in total. The van der Waals surface area contributed by atoms with Crippen LogP contribution in [0.1, 0.15) is 22.5 Å². The number of ether oxygens (including phenoxy) is 1. The molecule has 2 rings (SSSR count). The molecule has 1 aliphatic heterocycles. The minimum atomic E-state index is -0.316. The molecule has 2 heterocycles. The lowest BCUT2D eigenvalue weighted by atomic mass is 9.97. The third-order valence-electron chi connectivity index (χ3n) is 3.33. The van der Waals surface area contributed by atoms with Crippen LogP contribution in [0.15, 0.2) is 5.51 Å². The molecule has 0 spiro atoms. The summed E-state index contributed by atoms with van der Waals surface area (Å²) in [5, 5.41) is 3.27. The van der Waals surface area contributed by atoms with Crippen LogP contribution in [0.25, 0.3) is 0 Å². The molecule has 0 bridgehead atoms. The molecule has 0 aliphatic carbocycles. The van der Waals surface area contributed by atoms with Gasteiger partial charge in [-0.2, -0.15) is 0 Å². The van der Waals surface area contributed by atoms with Crippen molar-refractivity contribution in [3.8, 4) is 0 Å². The lowest BCUT2D eigenvalue weighted by Crippen LogP contribution is -2.33. The summed E-state index contributed by atoms with van der Waals surface area (Å²) in [7, 11) is 3.54. The van der Waals surface area contributed by atoms with Crippen molar-refractivity contribution >= 4 is 23.1 Å². The Hall–Kier alpha value is -1.14. The van der Waals surface area contributed by atoms with Gasteiger partial charge in [-0.3, -0.25) is 0 Å². The van der Waals surface area contributed by atoms with E-state index in [0.717, 1.165) is 19.6 Å². The minimum absolute atomic E-state index is 0.316. The number of hydrogen-bond acceptors (Lipinski definition) is 6. The Labute approximate surface area is 111 Å². The second kappa shape index (κ2) is 6.15. The Morgan fingerprint density at radius 1 is 1.61 bits per heavy atom. The van der Waals surface area contributed by atoms with Crippen molar-refractivity contribution in [1.82, 2.24) is 9.88 Å². The highest BCUT2D eigenvalue weighted by atomic mass is 32.1. The number of esters is 1. The quantitative estimate of drug-likeness (QED) is 0.843. The van der Waals surface area contributed by atoms with Gasteiger partial charge >= 0.3 is 5.97 Å². The lowest BCUT2D eigenvalue weighted by Gasteiger charge is -2.29. The largest absolute Gasteiger partial charge is 0.465 e. The molecule has 1 saturated heterocycles. The van der Waals surface area contributed by atoms with E-state index in [1.54, 1.807) is 5.51 Å². The fourth-order valence-corrected chi connectivity index (χ4v) is 2.80. The van der Waals surface area contributed by atoms with Crippen molar-refractivity contribution < 1.29 is 9.53 Å². The van der Waals surface area contributed by atoms with Crippen LogP contribution >= 0.6 is 11.3 Å². The van der Waals surface area contributed by atoms with Gasteiger partial charge in [0.2, 0.25) is 0 Å². The Kier molecular flexibility index (Phi) is 4.54. The summed E-state index contributed by atoms with van der Waals surface area (Å²) in [6.45, 7) is 3.17. The number of nitrogens with zero attached hydrogens (tertiary/aromatic N) is 2. The van der Waals surface area contributed by atoms with Gasteiger partial charge in [-0.25, -0.2) is 9.78 Å². The molecule has 1 aromatic rings. The molecule has 6 heteroatoms. The highest BCUT2D eigenvalue weighted by Gasteiger charge is 2.19. The van der Waals surface area contributed by atoms with Gasteiger partial charge in [-0.05, 0) is 38.9 Å². The number of piperidine rings is 1. The molecule has 0 saturated carbocycles. The van der Waals surface area contributed by atoms with E-state index in [-0.39, 0.29) is 5.97 Å². The van der Waals surface area contributed by atoms with Gasteiger partial charge in [0.1, 0.15) is 0 Å². The standard InChI is InChI=1S/C12H19N3O2S/c1-15-5-3-9(4-6-15)7-13-11-10(12(16)17-2)18-8-14-11/h8-9,13H,3-7H2,1-2H3. The van der Waals surface area contributed by atoms with Crippen LogP contribution in [0.5, 0.6) is 0 Å². The number of nitrogens with one attached hydrogen (secondary N) is 1. The lowest BCUT2D eigenvalue weighted by molar-refractivity contribution is 0.0607. The molecule has 1 aliphatic rings. The minimum Gasteiger partial charge on any atom is -0.465 e. The number of thiazole rings is 1. The van der Waals surface area contributed by atoms with E-state index >= 15 is 0 Å². The average molecular weight is 269 g/mol. The molecular formula is C12H19N3O2S. The van der Waals surface area contributed by atoms with Crippen molar-refractivity contribution in [2.24, 2.45) is 5.92 Å². The number of likely N-dealkylation sites (tertiary alicyclic amines) is 1. The van der Waals surface area contributed by atoms with Gasteiger partial charge < -0.3 is 15.0 Å². The summed E-state index contributed by atoms with van der Waals surface area (Å²) in [6, 6.07) is 0. The van der Waals surface area contributed by atoms with Gasteiger partial charge in [0.25, 0.3) is 0 Å². The predicted molar refractivity (Wildman–Crippen MR) is 72.2 cm³/mol. The third kappa shape index (κ3) is 3.20. The fourth-order valence-electron chi connectivity index (χ4n) is 2.12. The second-order valence-electron chi connectivity index (χ2n) is 4.65. The maximum atomic E-state index is 11.5. The van der Waals surface area contributed by atoms with Crippen LogP contribution in [-0.2, 0) is 4.74 Å². The van der Waals surface area contributed by atoms with Crippen LogP contribution in [0.4, 0.5) is 5.82 Å². The number of hydrogen-bond donors (Lipinski definition) is 1. The van der Waals surface area contributed by atoms with Crippen LogP contribution in [0.3, 0.4) is 0 Å².